The normalized spacial score (nSPS) is 12.0. The van der Waals surface area contributed by atoms with Crippen LogP contribution in [0.3, 0.4) is 0 Å². The Hall–Kier alpha value is -1.70. The van der Waals surface area contributed by atoms with Gasteiger partial charge >= 0.3 is 0 Å². The Bertz CT molecular complexity index is 361. The molecule has 0 aliphatic rings. The third-order valence-corrected chi connectivity index (χ3v) is 1.72. The molecule has 0 N–H and O–H groups in total. The Labute approximate surface area is 84.7 Å². The first-order valence-electron chi connectivity index (χ1n) is 4.45. The standard InChI is InChI=1S/C12H14N2/c1-10(2)6-7-12(13-3)11-5-4-8-14-9-11/h4-9H,1H2,2-3H3/b7-6-,13-12+. The maximum absolute atomic E-state index is 4.18. The lowest BCUT2D eigenvalue weighted by atomic mass is 10.1. The Morgan fingerprint density at radius 3 is 2.79 bits per heavy atom. The summed E-state index contributed by atoms with van der Waals surface area (Å²) in [7, 11) is 1.77. The van der Waals surface area contributed by atoms with E-state index in [1.54, 1.807) is 19.4 Å². The fraction of sp³-hybridized carbons (Fsp3) is 0.167. The Morgan fingerprint density at radius 1 is 1.50 bits per heavy atom. The lowest BCUT2D eigenvalue weighted by Gasteiger charge is -1.98. The topological polar surface area (TPSA) is 25.2 Å². The molecular formula is C12H14N2. The fourth-order valence-corrected chi connectivity index (χ4v) is 1.04. The Kier molecular flexibility index (Phi) is 3.80. The van der Waals surface area contributed by atoms with Gasteiger partial charge in [0, 0.05) is 25.0 Å². The van der Waals surface area contributed by atoms with E-state index >= 15 is 0 Å². The van der Waals surface area contributed by atoms with E-state index in [2.05, 4.69) is 16.6 Å². The van der Waals surface area contributed by atoms with Crippen molar-refractivity contribution in [2.75, 3.05) is 7.05 Å². The summed E-state index contributed by atoms with van der Waals surface area (Å²) >= 11 is 0. The van der Waals surface area contributed by atoms with E-state index in [9.17, 15) is 0 Å². The summed E-state index contributed by atoms with van der Waals surface area (Å²) < 4.78 is 0. The van der Waals surface area contributed by atoms with Crippen LogP contribution in [0.2, 0.25) is 0 Å². The molecule has 0 spiro atoms. The first kappa shape index (κ1) is 10.4. The highest BCUT2D eigenvalue weighted by atomic mass is 14.7. The second kappa shape index (κ2) is 5.12. The first-order chi connectivity index (χ1) is 6.74. The van der Waals surface area contributed by atoms with Crippen molar-refractivity contribution in [2.24, 2.45) is 4.99 Å². The summed E-state index contributed by atoms with van der Waals surface area (Å²) in [5.74, 6) is 0. The molecule has 0 saturated heterocycles. The van der Waals surface area contributed by atoms with E-state index in [-0.39, 0.29) is 0 Å². The van der Waals surface area contributed by atoms with Crippen LogP contribution in [0.4, 0.5) is 0 Å². The molecule has 2 heteroatoms. The average molecular weight is 186 g/mol. The van der Waals surface area contributed by atoms with E-state index in [1.807, 2.05) is 31.2 Å². The van der Waals surface area contributed by atoms with Gasteiger partial charge in [-0.3, -0.25) is 9.98 Å². The number of pyridine rings is 1. The monoisotopic (exact) mass is 186 g/mol. The zero-order chi connectivity index (χ0) is 10.4. The molecule has 2 nitrogen and oxygen atoms in total. The van der Waals surface area contributed by atoms with Crippen LogP contribution in [-0.2, 0) is 0 Å². The molecule has 0 aliphatic heterocycles. The summed E-state index contributed by atoms with van der Waals surface area (Å²) in [5.41, 5.74) is 2.95. The quantitative estimate of drug-likeness (QED) is 0.526. The van der Waals surface area contributed by atoms with Crippen LogP contribution in [0, 0.1) is 0 Å². The van der Waals surface area contributed by atoms with Gasteiger partial charge < -0.3 is 0 Å². The van der Waals surface area contributed by atoms with Crippen molar-refractivity contribution in [3.05, 3.63) is 54.4 Å². The minimum Gasteiger partial charge on any atom is -0.288 e. The van der Waals surface area contributed by atoms with Crippen molar-refractivity contribution in [2.45, 2.75) is 6.92 Å². The smallest absolute Gasteiger partial charge is 0.0658 e. The summed E-state index contributed by atoms with van der Waals surface area (Å²) in [4.78, 5) is 8.22. The minimum atomic E-state index is 0.918. The lowest BCUT2D eigenvalue weighted by Crippen LogP contribution is -1.96. The molecule has 0 atom stereocenters. The average Bonchev–Trinajstić information content (AvgIpc) is 2.20. The van der Waals surface area contributed by atoms with Gasteiger partial charge in [-0.15, -0.1) is 0 Å². The molecule has 1 aromatic heterocycles. The summed E-state index contributed by atoms with van der Waals surface area (Å²) in [6, 6.07) is 3.88. The van der Waals surface area contributed by atoms with E-state index in [0.29, 0.717) is 0 Å². The second-order valence-electron chi connectivity index (χ2n) is 3.03. The van der Waals surface area contributed by atoms with Crippen molar-refractivity contribution in [3.8, 4) is 0 Å². The summed E-state index contributed by atoms with van der Waals surface area (Å²) in [5, 5.41) is 0. The third kappa shape index (κ3) is 2.98. The van der Waals surface area contributed by atoms with E-state index in [4.69, 9.17) is 0 Å². The van der Waals surface area contributed by atoms with Gasteiger partial charge in [-0.25, -0.2) is 0 Å². The number of aliphatic imine (C=N–C) groups is 1. The van der Waals surface area contributed by atoms with Gasteiger partial charge in [-0.1, -0.05) is 18.2 Å². The molecule has 1 rings (SSSR count). The van der Waals surface area contributed by atoms with Gasteiger partial charge in [-0.05, 0) is 25.1 Å². The van der Waals surface area contributed by atoms with Gasteiger partial charge in [0.05, 0.1) is 5.71 Å². The van der Waals surface area contributed by atoms with Crippen molar-refractivity contribution in [1.29, 1.82) is 0 Å². The number of aromatic nitrogens is 1. The largest absolute Gasteiger partial charge is 0.288 e. The number of allylic oxidation sites excluding steroid dienone is 3. The van der Waals surface area contributed by atoms with Crippen molar-refractivity contribution >= 4 is 5.71 Å². The van der Waals surface area contributed by atoms with Crippen molar-refractivity contribution in [1.82, 2.24) is 4.98 Å². The summed E-state index contributed by atoms with van der Waals surface area (Å²) in [6.07, 6.45) is 7.43. The van der Waals surface area contributed by atoms with Crippen LogP contribution >= 0.6 is 0 Å². The van der Waals surface area contributed by atoms with Crippen LogP contribution < -0.4 is 0 Å². The molecular weight excluding hydrogens is 172 g/mol. The van der Waals surface area contributed by atoms with E-state index in [1.165, 1.54) is 0 Å². The zero-order valence-electron chi connectivity index (χ0n) is 8.57. The number of hydrogen-bond acceptors (Lipinski definition) is 2. The predicted molar refractivity (Wildman–Crippen MR) is 60.7 cm³/mol. The maximum atomic E-state index is 4.18. The minimum absolute atomic E-state index is 0.918. The molecule has 72 valence electrons. The van der Waals surface area contributed by atoms with Crippen LogP contribution in [0.15, 0.2) is 53.8 Å². The highest BCUT2D eigenvalue weighted by molar-refractivity contribution is 6.08. The van der Waals surface area contributed by atoms with E-state index < -0.39 is 0 Å². The SMILES string of the molecule is C=C(C)/C=C\C(=N/C)c1cccnc1. The molecule has 0 radical (unpaired) electrons. The first-order valence-corrected chi connectivity index (χ1v) is 4.45. The van der Waals surface area contributed by atoms with Crippen LogP contribution in [0.1, 0.15) is 12.5 Å². The van der Waals surface area contributed by atoms with Crippen molar-refractivity contribution in [3.63, 3.8) is 0 Å². The number of rotatable bonds is 3. The molecule has 0 amide bonds. The molecule has 0 aliphatic carbocycles. The summed E-state index contributed by atoms with van der Waals surface area (Å²) in [6.45, 7) is 5.75. The molecule has 0 fully saturated rings. The molecule has 0 saturated carbocycles. The fourth-order valence-electron chi connectivity index (χ4n) is 1.04. The third-order valence-electron chi connectivity index (χ3n) is 1.72. The van der Waals surface area contributed by atoms with Crippen LogP contribution in [0.5, 0.6) is 0 Å². The lowest BCUT2D eigenvalue weighted by molar-refractivity contribution is 1.31. The van der Waals surface area contributed by atoms with Gasteiger partial charge in [0.1, 0.15) is 0 Å². The molecule has 14 heavy (non-hydrogen) atoms. The highest BCUT2D eigenvalue weighted by Crippen LogP contribution is 2.01. The van der Waals surface area contributed by atoms with Crippen LogP contribution in [0.25, 0.3) is 0 Å². The molecule has 1 aromatic rings. The maximum Gasteiger partial charge on any atom is 0.0658 e. The second-order valence-corrected chi connectivity index (χ2v) is 3.03. The van der Waals surface area contributed by atoms with Gasteiger partial charge in [-0.2, -0.15) is 0 Å². The highest BCUT2D eigenvalue weighted by Gasteiger charge is 1.96. The molecule has 0 bridgehead atoms. The number of hydrogen-bond donors (Lipinski definition) is 0. The van der Waals surface area contributed by atoms with Gasteiger partial charge in [0.2, 0.25) is 0 Å². The Balaban J connectivity index is 2.90. The van der Waals surface area contributed by atoms with Crippen LogP contribution in [-0.4, -0.2) is 17.7 Å². The molecule has 0 aromatic carbocycles. The molecule has 0 unspecified atom stereocenters. The van der Waals surface area contributed by atoms with Gasteiger partial charge in [0.25, 0.3) is 0 Å². The zero-order valence-corrected chi connectivity index (χ0v) is 8.57. The van der Waals surface area contributed by atoms with Crippen molar-refractivity contribution < 1.29 is 0 Å². The van der Waals surface area contributed by atoms with Gasteiger partial charge in [0.15, 0.2) is 0 Å². The predicted octanol–water partition coefficient (Wildman–Crippen LogP) is 2.63. The molecule has 1 heterocycles. The Morgan fingerprint density at radius 2 is 2.29 bits per heavy atom. The number of nitrogens with zero attached hydrogens (tertiary/aromatic N) is 2. The van der Waals surface area contributed by atoms with E-state index in [0.717, 1.165) is 16.8 Å².